The molecule has 0 aliphatic carbocycles. The van der Waals surface area contributed by atoms with Crippen LogP contribution in [0.2, 0.25) is 0 Å². The summed E-state index contributed by atoms with van der Waals surface area (Å²) in [6, 6.07) is 0.387. The van der Waals surface area contributed by atoms with Crippen molar-refractivity contribution in [3.63, 3.8) is 0 Å². The topological polar surface area (TPSA) is 49.4 Å². The highest BCUT2D eigenvalue weighted by molar-refractivity contribution is 7.89. The summed E-state index contributed by atoms with van der Waals surface area (Å²) in [6.07, 6.45) is 2.34. The SMILES string of the molecule is CC(C)(C)CS(=O)(=O)N1C[C@@H]2CCCN[C@@H]2C1. The second-order valence-electron chi connectivity index (χ2n) is 6.60. The van der Waals surface area contributed by atoms with Crippen LogP contribution in [-0.2, 0) is 10.0 Å². The predicted octanol–water partition coefficient (Wildman–Crippen LogP) is 1.05. The van der Waals surface area contributed by atoms with E-state index in [-0.39, 0.29) is 11.2 Å². The summed E-state index contributed by atoms with van der Waals surface area (Å²) in [5, 5.41) is 3.44. The van der Waals surface area contributed by atoms with Crippen LogP contribution >= 0.6 is 0 Å². The van der Waals surface area contributed by atoms with E-state index in [1.54, 1.807) is 4.31 Å². The maximum absolute atomic E-state index is 12.3. The van der Waals surface area contributed by atoms with E-state index in [2.05, 4.69) is 5.32 Å². The van der Waals surface area contributed by atoms with Gasteiger partial charge in [0.15, 0.2) is 0 Å². The Labute approximate surface area is 105 Å². The molecule has 0 amide bonds. The van der Waals surface area contributed by atoms with Crippen molar-refractivity contribution in [2.75, 3.05) is 25.4 Å². The van der Waals surface area contributed by atoms with Gasteiger partial charge in [-0.05, 0) is 30.7 Å². The molecule has 2 rings (SSSR count). The second kappa shape index (κ2) is 4.52. The number of rotatable bonds is 2. The van der Waals surface area contributed by atoms with Crippen LogP contribution in [0.1, 0.15) is 33.6 Å². The normalized spacial score (nSPS) is 31.5. The van der Waals surface area contributed by atoms with Crippen LogP contribution < -0.4 is 5.32 Å². The Bertz CT molecular complexity index is 358. The Hall–Kier alpha value is -0.130. The molecule has 0 aromatic rings. The lowest BCUT2D eigenvalue weighted by Crippen LogP contribution is -2.41. The van der Waals surface area contributed by atoms with Crippen LogP contribution in [-0.4, -0.2) is 44.2 Å². The van der Waals surface area contributed by atoms with Gasteiger partial charge in [-0.15, -0.1) is 0 Å². The molecule has 0 spiro atoms. The zero-order valence-corrected chi connectivity index (χ0v) is 11.9. The first kappa shape index (κ1) is 13.3. The first-order chi connectivity index (χ1) is 7.78. The first-order valence-electron chi connectivity index (χ1n) is 6.49. The van der Waals surface area contributed by atoms with Crippen LogP contribution in [0.5, 0.6) is 0 Å². The third kappa shape index (κ3) is 3.20. The van der Waals surface area contributed by atoms with Crippen LogP contribution in [0.4, 0.5) is 0 Å². The predicted molar refractivity (Wildman–Crippen MR) is 69.3 cm³/mol. The van der Waals surface area contributed by atoms with Gasteiger partial charge in [-0.1, -0.05) is 20.8 Å². The molecule has 0 saturated carbocycles. The monoisotopic (exact) mass is 260 g/mol. The molecule has 0 bridgehead atoms. The highest BCUT2D eigenvalue weighted by Crippen LogP contribution is 2.28. The van der Waals surface area contributed by atoms with Crippen LogP contribution in [0.25, 0.3) is 0 Å². The lowest BCUT2D eigenvalue weighted by atomic mass is 9.94. The van der Waals surface area contributed by atoms with Crippen molar-refractivity contribution in [2.24, 2.45) is 11.3 Å². The molecule has 4 nitrogen and oxygen atoms in total. The van der Waals surface area contributed by atoms with Gasteiger partial charge in [0, 0.05) is 19.1 Å². The van der Waals surface area contributed by atoms with Gasteiger partial charge in [0.1, 0.15) is 0 Å². The number of nitrogens with zero attached hydrogens (tertiary/aromatic N) is 1. The molecule has 17 heavy (non-hydrogen) atoms. The Morgan fingerprint density at radius 2 is 2.00 bits per heavy atom. The van der Waals surface area contributed by atoms with E-state index in [0.29, 0.717) is 18.5 Å². The molecular weight excluding hydrogens is 236 g/mol. The summed E-state index contributed by atoms with van der Waals surface area (Å²) in [4.78, 5) is 0. The van der Waals surface area contributed by atoms with Crippen molar-refractivity contribution >= 4 is 10.0 Å². The van der Waals surface area contributed by atoms with Crippen molar-refractivity contribution in [3.8, 4) is 0 Å². The number of hydrogen-bond acceptors (Lipinski definition) is 3. The summed E-state index contributed by atoms with van der Waals surface area (Å²) >= 11 is 0. The zero-order valence-electron chi connectivity index (χ0n) is 11.1. The number of piperidine rings is 1. The summed E-state index contributed by atoms with van der Waals surface area (Å²) in [5.41, 5.74) is -0.167. The fourth-order valence-electron chi connectivity index (χ4n) is 2.87. The fraction of sp³-hybridized carbons (Fsp3) is 1.00. The van der Waals surface area contributed by atoms with Crippen molar-refractivity contribution in [3.05, 3.63) is 0 Å². The van der Waals surface area contributed by atoms with E-state index in [0.717, 1.165) is 13.1 Å². The van der Waals surface area contributed by atoms with Crippen molar-refractivity contribution in [1.82, 2.24) is 9.62 Å². The van der Waals surface area contributed by atoms with Crippen molar-refractivity contribution < 1.29 is 8.42 Å². The lowest BCUT2D eigenvalue weighted by Gasteiger charge is -2.24. The largest absolute Gasteiger partial charge is 0.312 e. The quantitative estimate of drug-likeness (QED) is 0.807. The maximum Gasteiger partial charge on any atom is 0.214 e. The zero-order chi connectivity index (χ0) is 12.7. The Balaban J connectivity index is 2.04. The fourth-order valence-corrected chi connectivity index (χ4v) is 4.96. The average molecular weight is 260 g/mol. The molecule has 2 atom stereocenters. The Kier molecular flexibility index (Phi) is 3.54. The minimum atomic E-state index is -3.08. The summed E-state index contributed by atoms with van der Waals surface area (Å²) in [5.74, 6) is 0.776. The minimum absolute atomic E-state index is 0.167. The summed E-state index contributed by atoms with van der Waals surface area (Å²) < 4.78 is 26.3. The van der Waals surface area contributed by atoms with E-state index in [1.807, 2.05) is 20.8 Å². The third-order valence-corrected chi connectivity index (χ3v) is 5.89. The van der Waals surface area contributed by atoms with E-state index < -0.39 is 10.0 Å². The molecule has 5 heteroatoms. The van der Waals surface area contributed by atoms with Gasteiger partial charge < -0.3 is 5.32 Å². The molecule has 100 valence electrons. The molecule has 2 saturated heterocycles. The van der Waals surface area contributed by atoms with E-state index >= 15 is 0 Å². The van der Waals surface area contributed by atoms with Crippen LogP contribution in [0, 0.1) is 11.3 Å². The summed E-state index contributed by atoms with van der Waals surface area (Å²) in [6.45, 7) is 8.36. The number of fused-ring (bicyclic) bond motifs is 1. The highest BCUT2D eigenvalue weighted by atomic mass is 32.2. The number of sulfonamides is 1. The van der Waals surface area contributed by atoms with Crippen LogP contribution in [0.15, 0.2) is 0 Å². The molecule has 0 aromatic heterocycles. The van der Waals surface area contributed by atoms with Gasteiger partial charge in [-0.25, -0.2) is 12.7 Å². The van der Waals surface area contributed by atoms with Crippen molar-refractivity contribution in [2.45, 2.75) is 39.7 Å². The van der Waals surface area contributed by atoms with E-state index in [4.69, 9.17) is 0 Å². The van der Waals surface area contributed by atoms with Gasteiger partial charge in [-0.3, -0.25) is 0 Å². The first-order valence-corrected chi connectivity index (χ1v) is 8.10. The number of nitrogens with one attached hydrogen (secondary N) is 1. The molecule has 2 fully saturated rings. The molecule has 0 radical (unpaired) electrons. The van der Waals surface area contributed by atoms with E-state index in [1.165, 1.54) is 12.8 Å². The van der Waals surface area contributed by atoms with Gasteiger partial charge >= 0.3 is 0 Å². The highest BCUT2D eigenvalue weighted by Gasteiger charge is 2.40. The smallest absolute Gasteiger partial charge is 0.214 e. The lowest BCUT2D eigenvalue weighted by molar-refractivity contribution is 0.339. The van der Waals surface area contributed by atoms with Crippen LogP contribution in [0.3, 0.4) is 0 Å². The number of hydrogen-bond donors (Lipinski definition) is 1. The molecule has 2 aliphatic heterocycles. The molecule has 2 aliphatic rings. The van der Waals surface area contributed by atoms with Gasteiger partial charge in [0.05, 0.1) is 5.75 Å². The third-order valence-electron chi connectivity index (χ3n) is 3.57. The second-order valence-corrected chi connectivity index (χ2v) is 8.57. The molecule has 0 unspecified atom stereocenters. The van der Waals surface area contributed by atoms with Crippen molar-refractivity contribution in [1.29, 1.82) is 0 Å². The van der Waals surface area contributed by atoms with Gasteiger partial charge in [0.25, 0.3) is 0 Å². The average Bonchev–Trinajstić information content (AvgIpc) is 2.57. The van der Waals surface area contributed by atoms with E-state index in [9.17, 15) is 8.42 Å². The summed E-state index contributed by atoms with van der Waals surface area (Å²) in [7, 11) is -3.08. The van der Waals surface area contributed by atoms with Gasteiger partial charge in [-0.2, -0.15) is 0 Å². The Morgan fingerprint density at radius 3 is 2.59 bits per heavy atom. The molecule has 0 aromatic carbocycles. The minimum Gasteiger partial charge on any atom is -0.312 e. The standard InChI is InChI=1S/C12H24N2O2S/c1-12(2,3)9-17(15,16)14-7-10-5-4-6-13-11(10)8-14/h10-11,13H,4-9H2,1-3H3/t10-,11+/m0/s1. The maximum atomic E-state index is 12.3. The molecular formula is C12H24N2O2S. The molecule has 2 heterocycles. The van der Waals surface area contributed by atoms with Gasteiger partial charge in [0.2, 0.25) is 10.0 Å². The Morgan fingerprint density at radius 1 is 1.29 bits per heavy atom. The molecule has 1 N–H and O–H groups in total.